The van der Waals surface area contributed by atoms with E-state index in [-0.39, 0.29) is 17.6 Å². The zero-order valence-corrected chi connectivity index (χ0v) is 21.6. The van der Waals surface area contributed by atoms with Crippen molar-refractivity contribution in [2.75, 3.05) is 0 Å². The van der Waals surface area contributed by atoms with Crippen molar-refractivity contribution in [3.05, 3.63) is 11.6 Å². The van der Waals surface area contributed by atoms with Crippen LogP contribution in [0.1, 0.15) is 112 Å². The highest BCUT2D eigenvalue weighted by Crippen LogP contribution is 2.46. The number of aliphatic hydroxyl groups is 1. The second-order valence-electron chi connectivity index (χ2n) is 11.6. The normalized spacial score (nSPS) is 35.2. The quantitative estimate of drug-likeness (QED) is 0.314. The number of carbonyl (C=O) groups is 1. The van der Waals surface area contributed by atoms with E-state index < -0.39 is 5.97 Å². The standard InChI is InChI=1S/C28H50O4/c1-19(12-8-14-21(3)27(30)31)10-7-11-20(2)13-9-16-28(6)17-15-24-18-25(29)22(4)23(5)26(24)32-28/h12,20-26,29H,7-11,13-18H2,1-6H3,(H,30,31)/b19-12+. The van der Waals surface area contributed by atoms with Crippen molar-refractivity contribution in [1.82, 2.24) is 0 Å². The molecule has 0 spiro atoms. The van der Waals surface area contributed by atoms with E-state index in [2.05, 4.69) is 40.7 Å². The molecule has 4 heteroatoms. The van der Waals surface area contributed by atoms with Crippen molar-refractivity contribution in [3.8, 4) is 0 Å². The minimum atomic E-state index is -0.696. The first-order chi connectivity index (χ1) is 15.0. The summed E-state index contributed by atoms with van der Waals surface area (Å²) in [5.74, 6) is 1.09. The molecule has 1 saturated heterocycles. The maximum atomic E-state index is 10.9. The van der Waals surface area contributed by atoms with Crippen molar-refractivity contribution in [1.29, 1.82) is 0 Å². The molecule has 2 aliphatic rings. The summed E-state index contributed by atoms with van der Waals surface area (Å²) in [7, 11) is 0. The predicted molar refractivity (Wildman–Crippen MR) is 132 cm³/mol. The number of fused-ring (bicyclic) bond motifs is 1. The van der Waals surface area contributed by atoms with E-state index in [1.807, 2.05) is 0 Å². The van der Waals surface area contributed by atoms with Crippen LogP contribution in [0.5, 0.6) is 0 Å². The number of hydrogen-bond acceptors (Lipinski definition) is 3. The third kappa shape index (κ3) is 8.17. The van der Waals surface area contributed by atoms with Crippen LogP contribution in [-0.2, 0) is 9.53 Å². The Balaban J connectivity index is 1.64. The Kier molecular flexibility index (Phi) is 10.7. The molecule has 4 nitrogen and oxygen atoms in total. The molecule has 1 saturated carbocycles. The lowest BCUT2D eigenvalue weighted by Crippen LogP contribution is -2.52. The van der Waals surface area contributed by atoms with E-state index in [0.717, 1.165) is 44.4 Å². The Labute approximate surface area is 197 Å². The van der Waals surface area contributed by atoms with Gasteiger partial charge in [0.25, 0.3) is 0 Å². The molecule has 8 atom stereocenters. The minimum absolute atomic E-state index is 0.00355. The van der Waals surface area contributed by atoms with Crippen molar-refractivity contribution in [2.45, 2.75) is 130 Å². The van der Waals surface area contributed by atoms with Crippen LogP contribution in [0.4, 0.5) is 0 Å². The molecule has 2 fully saturated rings. The van der Waals surface area contributed by atoms with E-state index >= 15 is 0 Å². The first-order valence-corrected chi connectivity index (χ1v) is 13.3. The summed E-state index contributed by atoms with van der Waals surface area (Å²) in [5, 5.41) is 19.3. The van der Waals surface area contributed by atoms with Gasteiger partial charge in [-0.05, 0) is 88.9 Å². The zero-order chi connectivity index (χ0) is 23.9. The number of carboxylic acids is 1. The van der Waals surface area contributed by atoms with Crippen LogP contribution < -0.4 is 0 Å². The minimum Gasteiger partial charge on any atom is -0.481 e. The van der Waals surface area contributed by atoms with E-state index in [1.54, 1.807) is 6.92 Å². The largest absolute Gasteiger partial charge is 0.481 e. The molecule has 0 aromatic carbocycles. The smallest absolute Gasteiger partial charge is 0.306 e. The molecular weight excluding hydrogens is 400 g/mol. The summed E-state index contributed by atoms with van der Waals surface area (Å²) >= 11 is 0. The van der Waals surface area contributed by atoms with Crippen LogP contribution in [0.15, 0.2) is 11.6 Å². The number of rotatable bonds is 12. The van der Waals surface area contributed by atoms with E-state index in [4.69, 9.17) is 9.84 Å². The molecule has 186 valence electrons. The van der Waals surface area contributed by atoms with Crippen molar-refractivity contribution >= 4 is 5.97 Å². The fourth-order valence-electron chi connectivity index (χ4n) is 5.79. The third-order valence-electron chi connectivity index (χ3n) is 8.61. The van der Waals surface area contributed by atoms with Gasteiger partial charge in [-0.2, -0.15) is 0 Å². The van der Waals surface area contributed by atoms with Gasteiger partial charge in [-0.15, -0.1) is 0 Å². The van der Waals surface area contributed by atoms with Gasteiger partial charge in [-0.3, -0.25) is 4.79 Å². The van der Waals surface area contributed by atoms with E-state index in [1.165, 1.54) is 37.7 Å². The van der Waals surface area contributed by atoms with Gasteiger partial charge in [-0.25, -0.2) is 0 Å². The van der Waals surface area contributed by atoms with Gasteiger partial charge in [0.15, 0.2) is 0 Å². The maximum Gasteiger partial charge on any atom is 0.306 e. The molecule has 0 amide bonds. The number of aliphatic hydroxyl groups excluding tert-OH is 1. The molecule has 1 heterocycles. The SMILES string of the molecule is C/C(=C\CCC(C)C(=O)O)CCCC(C)CCCC1(C)CCC2CC(O)C(C)C(C)C2O1. The van der Waals surface area contributed by atoms with Crippen LogP contribution in [-0.4, -0.2) is 34.0 Å². The van der Waals surface area contributed by atoms with Gasteiger partial charge < -0.3 is 14.9 Å². The molecule has 0 aromatic heterocycles. The van der Waals surface area contributed by atoms with Gasteiger partial charge in [0.05, 0.1) is 23.7 Å². The van der Waals surface area contributed by atoms with Crippen LogP contribution in [0.25, 0.3) is 0 Å². The number of aliphatic carboxylic acids is 1. The highest BCUT2D eigenvalue weighted by Gasteiger charge is 2.46. The predicted octanol–water partition coefficient (Wildman–Crippen LogP) is 7.00. The molecule has 0 bridgehead atoms. The molecule has 1 aliphatic carbocycles. The third-order valence-corrected chi connectivity index (χ3v) is 8.61. The molecule has 2 rings (SSSR count). The van der Waals surface area contributed by atoms with Gasteiger partial charge in [0, 0.05) is 0 Å². The molecule has 0 radical (unpaired) electrons. The fourth-order valence-corrected chi connectivity index (χ4v) is 5.79. The Hall–Kier alpha value is -0.870. The highest BCUT2D eigenvalue weighted by molar-refractivity contribution is 5.69. The van der Waals surface area contributed by atoms with Gasteiger partial charge in [-0.1, -0.05) is 58.6 Å². The lowest BCUT2D eigenvalue weighted by Gasteiger charge is -2.51. The summed E-state index contributed by atoms with van der Waals surface area (Å²) in [5.41, 5.74) is 1.40. The average molecular weight is 451 g/mol. The number of hydrogen-bond donors (Lipinski definition) is 2. The molecule has 32 heavy (non-hydrogen) atoms. The Morgan fingerprint density at radius 2 is 1.84 bits per heavy atom. The van der Waals surface area contributed by atoms with E-state index in [9.17, 15) is 9.90 Å². The number of allylic oxidation sites excluding steroid dienone is 2. The Bertz CT molecular complexity index is 613. The number of ether oxygens (including phenoxy) is 1. The summed E-state index contributed by atoms with van der Waals surface area (Å²) in [6.07, 6.45) is 14.4. The highest BCUT2D eigenvalue weighted by atomic mass is 16.5. The maximum absolute atomic E-state index is 10.9. The lowest BCUT2D eigenvalue weighted by atomic mass is 9.67. The molecular formula is C28H50O4. The topological polar surface area (TPSA) is 66.8 Å². The monoisotopic (exact) mass is 450 g/mol. The molecule has 2 N–H and O–H groups in total. The molecule has 8 unspecified atom stereocenters. The summed E-state index contributed by atoms with van der Waals surface area (Å²) in [6, 6.07) is 0. The van der Waals surface area contributed by atoms with E-state index in [0.29, 0.717) is 23.9 Å². The van der Waals surface area contributed by atoms with Crippen molar-refractivity contribution in [2.24, 2.45) is 29.6 Å². The van der Waals surface area contributed by atoms with Crippen LogP contribution in [0.2, 0.25) is 0 Å². The first-order valence-electron chi connectivity index (χ1n) is 13.3. The van der Waals surface area contributed by atoms with Crippen LogP contribution >= 0.6 is 0 Å². The van der Waals surface area contributed by atoms with Crippen molar-refractivity contribution < 1.29 is 19.7 Å². The molecule has 1 aliphatic heterocycles. The fraction of sp³-hybridized carbons (Fsp3) is 0.893. The van der Waals surface area contributed by atoms with Gasteiger partial charge >= 0.3 is 5.97 Å². The Morgan fingerprint density at radius 1 is 1.16 bits per heavy atom. The lowest BCUT2D eigenvalue weighted by molar-refractivity contribution is -0.200. The Morgan fingerprint density at radius 3 is 2.53 bits per heavy atom. The first kappa shape index (κ1) is 27.4. The second kappa shape index (κ2) is 12.6. The zero-order valence-electron chi connectivity index (χ0n) is 21.6. The second-order valence-corrected chi connectivity index (χ2v) is 11.6. The van der Waals surface area contributed by atoms with Gasteiger partial charge in [0.2, 0.25) is 0 Å². The number of carboxylic acid groups (broad SMARTS) is 1. The van der Waals surface area contributed by atoms with Crippen LogP contribution in [0.3, 0.4) is 0 Å². The molecule has 0 aromatic rings. The van der Waals surface area contributed by atoms with Crippen LogP contribution in [0, 0.1) is 29.6 Å². The summed E-state index contributed by atoms with van der Waals surface area (Å²) < 4.78 is 6.72. The average Bonchev–Trinajstić information content (AvgIpc) is 2.72. The van der Waals surface area contributed by atoms with Crippen molar-refractivity contribution in [3.63, 3.8) is 0 Å². The summed E-state index contributed by atoms with van der Waals surface area (Å²) in [4.78, 5) is 10.9. The van der Waals surface area contributed by atoms with Gasteiger partial charge in [0.1, 0.15) is 0 Å². The summed E-state index contributed by atoms with van der Waals surface area (Å²) in [6.45, 7) is 13.1.